The summed E-state index contributed by atoms with van der Waals surface area (Å²) in [7, 11) is 0. The van der Waals surface area contributed by atoms with Gasteiger partial charge in [0.05, 0.1) is 0 Å². The third-order valence-corrected chi connectivity index (χ3v) is 2.19. The number of imidazole rings is 1. The van der Waals surface area contributed by atoms with Crippen molar-refractivity contribution in [3.8, 4) is 0 Å². The number of nitrogens with zero attached hydrogens (tertiary/aromatic N) is 2. The summed E-state index contributed by atoms with van der Waals surface area (Å²) in [5, 5.41) is 0. The van der Waals surface area contributed by atoms with E-state index in [0.29, 0.717) is 0 Å². The second kappa shape index (κ2) is 2.56. The number of hydrogen-bond acceptors (Lipinski definition) is 1. The summed E-state index contributed by atoms with van der Waals surface area (Å²) in [6, 6.07) is 0. The van der Waals surface area contributed by atoms with E-state index in [0.717, 1.165) is 3.87 Å². The quantitative estimate of drug-likeness (QED) is 0.611. The molecule has 0 aliphatic carbocycles. The molecule has 0 saturated carbocycles. The van der Waals surface area contributed by atoms with Gasteiger partial charge in [-0.25, -0.2) is 0 Å². The third-order valence-electron chi connectivity index (χ3n) is 1.33. The van der Waals surface area contributed by atoms with Crippen molar-refractivity contribution >= 4 is 26.2 Å². The topological polar surface area (TPSA) is 17.8 Å². The van der Waals surface area contributed by atoms with Gasteiger partial charge in [0, 0.05) is 0 Å². The SMILES string of the molecule is CC(C)(C)n1ccnc1[Te]. The Morgan fingerprint density at radius 1 is 1.50 bits per heavy atom. The van der Waals surface area contributed by atoms with Gasteiger partial charge in [-0.05, 0) is 0 Å². The molecule has 10 heavy (non-hydrogen) atoms. The van der Waals surface area contributed by atoms with Crippen LogP contribution in [-0.4, -0.2) is 31.8 Å². The molecule has 0 fully saturated rings. The molecule has 3 heteroatoms. The maximum atomic E-state index is 4.15. The fourth-order valence-corrected chi connectivity index (χ4v) is 1.93. The molecule has 0 aromatic carbocycles. The monoisotopic (exact) mass is 253 g/mol. The first-order valence-electron chi connectivity index (χ1n) is 3.22. The van der Waals surface area contributed by atoms with Crippen LogP contribution in [0.1, 0.15) is 20.8 Å². The van der Waals surface area contributed by atoms with E-state index in [-0.39, 0.29) is 5.54 Å². The van der Waals surface area contributed by atoms with E-state index in [2.05, 4.69) is 30.3 Å². The summed E-state index contributed by atoms with van der Waals surface area (Å²) < 4.78 is 3.25. The Labute approximate surface area is 74.6 Å². The fraction of sp³-hybridized carbons (Fsp3) is 0.571. The molecule has 1 aromatic rings. The van der Waals surface area contributed by atoms with Gasteiger partial charge >= 0.3 is 74.4 Å². The Balaban J connectivity index is 3.05. The van der Waals surface area contributed by atoms with Gasteiger partial charge in [0.2, 0.25) is 0 Å². The van der Waals surface area contributed by atoms with Crippen molar-refractivity contribution in [2.45, 2.75) is 26.3 Å². The molecule has 55 valence electrons. The maximum absolute atomic E-state index is 4.15. The van der Waals surface area contributed by atoms with Crippen molar-refractivity contribution in [2.75, 3.05) is 0 Å². The molecule has 1 aromatic heterocycles. The van der Waals surface area contributed by atoms with E-state index >= 15 is 0 Å². The molecule has 0 amide bonds. The van der Waals surface area contributed by atoms with E-state index in [4.69, 9.17) is 0 Å². The van der Waals surface area contributed by atoms with Crippen molar-refractivity contribution in [1.82, 2.24) is 9.55 Å². The summed E-state index contributed by atoms with van der Waals surface area (Å²) >= 11 is 1.95. The molecule has 1 radical (unpaired) electrons. The first kappa shape index (κ1) is 8.10. The van der Waals surface area contributed by atoms with Gasteiger partial charge in [0.1, 0.15) is 0 Å². The zero-order valence-corrected chi connectivity index (χ0v) is 8.79. The first-order chi connectivity index (χ1) is 4.52. The molecule has 0 aliphatic rings. The van der Waals surface area contributed by atoms with Crippen LogP contribution in [-0.2, 0) is 5.54 Å². The van der Waals surface area contributed by atoms with Crippen LogP contribution < -0.4 is 3.87 Å². The number of hydrogen-bond donors (Lipinski definition) is 0. The van der Waals surface area contributed by atoms with Crippen molar-refractivity contribution in [1.29, 1.82) is 0 Å². The van der Waals surface area contributed by atoms with Crippen LogP contribution >= 0.6 is 0 Å². The first-order valence-corrected chi connectivity index (χ1v) is 4.39. The summed E-state index contributed by atoms with van der Waals surface area (Å²) in [4.78, 5) is 4.15. The van der Waals surface area contributed by atoms with Gasteiger partial charge in [-0.1, -0.05) is 0 Å². The van der Waals surface area contributed by atoms with Crippen LogP contribution in [0.15, 0.2) is 12.4 Å². The van der Waals surface area contributed by atoms with E-state index < -0.39 is 0 Å². The zero-order chi connectivity index (χ0) is 7.78. The van der Waals surface area contributed by atoms with Crippen LogP contribution in [0.25, 0.3) is 0 Å². The van der Waals surface area contributed by atoms with Crippen LogP contribution in [0.3, 0.4) is 0 Å². The number of rotatable bonds is 0. The molecule has 1 heterocycles. The van der Waals surface area contributed by atoms with Gasteiger partial charge in [0.25, 0.3) is 0 Å². The Morgan fingerprint density at radius 3 is 2.30 bits per heavy atom. The Kier molecular flexibility index (Phi) is 2.07. The van der Waals surface area contributed by atoms with E-state index in [9.17, 15) is 0 Å². The van der Waals surface area contributed by atoms with Crippen LogP contribution in [0.4, 0.5) is 0 Å². The predicted octanol–water partition coefficient (Wildman–Crippen LogP) is 0.432. The van der Waals surface area contributed by atoms with Crippen molar-refractivity contribution < 1.29 is 0 Å². The minimum absolute atomic E-state index is 0.170. The molecule has 0 aliphatic heterocycles. The molecule has 2 nitrogen and oxygen atoms in total. The van der Waals surface area contributed by atoms with Crippen LogP contribution in [0.5, 0.6) is 0 Å². The molecule has 0 bridgehead atoms. The van der Waals surface area contributed by atoms with Crippen LogP contribution in [0.2, 0.25) is 0 Å². The van der Waals surface area contributed by atoms with Gasteiger partial charge in [-0.3, -0.25) is 0 Å². The molecular formula is C7H11N2Te. The molecule has 0 N–H and O–H groups in total. The van der Waals surface area contributed by atoms with Gasteiger partial charge < -0.3 is 0 Å². The summed E-state index contributed by atoms with van der Waals surface area (Å²) in [6.07, 6.45) is 3.85. The predicted molar refractivity (Wildman–Crippen MR) is 42.6 cm³/mol. The molecule has 0 spiro atoms. The van der Waals surface area contributed by atoms with Crippen LogP contribution in [0, 0.1) is 0 Å². The van der Waals surface area contributed by atoms with E-state index in [1.807, 2.05) is 34.7 Å². The molecular weight excluding hydrogens is 240 g/mol. The second-order valence-corrected chi connectivity index (χ2v) is 4.29. The average molecular weight is 251 g/mol. The van der Waals surface area contributed by atoms with Crippen molar-refractivity contribution in [3.05, 3.63) is 12.4 Å². The fourth-order valence-electron chi connectivity index (χ4n) is 0.800. The Bertz CT molecular complexity index is 222. The van der Waals surface area contributed by atoms with E-state index in [1.54, 1.807) is 0 Å². The molecule has 1 rings (SSSR count). The normalized spacial score (nSPS) is 11.9. The molecule has 0 saturated heterocycles. The summed E-state index contributed by atoms with van der Waals surface area (Å²) in [5.41, 5.74) is 0.170. The Hall–Kier alpha value is -0.000390. The van der Waals surface area contributed by atoms with Crippen molar-refractivity contribution in [2.24, 2.45) is 0 Å². The molecule has 0 atom stereocenters. The standard InChI is InChI=1S/C7H11N2Te/c1-7(2,3)9-5-4-8-6(9)10/h4-5H,1-3H3. The van der Waals surface area contributed by atoms with E-state index in [1.165, 1.54) is 0 Å². The molecule has 0 unspecified atom stereocenters. The number of aromatic nitrogens is 2. The van der Waals surface area contributed by atoms with Crippen molar-refractivity contribution in [3.63, 3.8) is 0 Å². The van der Waals surface area contributed by atoms with Gasteiger partial charge in [-0.15, -0.1) is 0 Å². The Morgan fingerprint density at radius 2 is 2.10 bits per heavy atom. The minimum atomic E-state index is 0.170. The average Bonchev–Trinajstić information content (AvgIpc) is 2.11. The third kappa shape index (κ3) is 1.53. The summed E-state index contributed by atoms with van der Waals surface area (Å²) in [6.45, 7) is 6.51. The second-order valence-electron chi connectivity index (χ2n) is 3.25. The van der Waals surface area contributed by atoms with Gasteiger partial charge in [0.15, 0.2) is 0 Å². The van der Waals surface area contributed by atoms with Gasteiger partial charge in [-0.2, -0.15) is 0 Å². The summed E-state index contributed by atoms with van der Waals surface area (Å²) in [5.74, 6) is 0. The zero-order valence-electron chi connectivity index (χ0n) is 6.46.